The standard InChI is InChI=1S/C21H18N2/c1-2-5-14(6-3-1)11-16-12-22-13-19-18-10-9-15-7-4-8-17(15)21(18)23-20(16)19/h1-3,5-6,9-10,12-13,23H,4,7-8,11H2. The minimum atomic E-state index is 0.917. The maximum atomic E-state index is 4.50. The zero-order valence-corrected chi connectivity index (χ0v) is 13.0. The van der Waals surface area contributed by atoms with Crippen LogP contribution in [0, 0.1) is 0 Å². The van der Waals surface area contributed by atoms with E-state index in [-0.39, 0.29) is 0 Å². The van der Waals surface area contributed by atoms with E-state index in [1.807, 2.05) is 12.4 Å². The van der Waals surface area contributed by atoms with Gasteiger partial charge >= 0.3 is 0 Å². The number of aromatic amines is 1. The van der Waals surface area contributed by atoms with Crippen LogP contribution in [0.25, 0.3) is 21.8 Å². The Kier molecular flexibility index (Phi) is 2.77. The van der Waals surface area contributed by atoms with Crippen molar-refractivity contribution in [2.75, 3.05) is 0 Å². The number of nitrogens with zero attached hydrogens (tertiary/aromatic N) is 1. The summed E-state index contributed by atoms with van der Waals surface area (Å²) in [6.07, 6.45) is 8.62. The van der Waals surface area contributed by atoms with Crippen LogP contribution >= 0.6 is 0 Å². The molecule has 2 heteroatoms. The minimum absolute atomic E-state index is 0.917. The zero-order chi connectivity index (χ0) is 15.2. The predicted octanol–water partition coefficient (Wildman–Crippen LogP) is 4.80. The Morgan fingerprint density at radius 2 is 1.78 bits per heavy atom. The molecule has 1 aliphatic rings. The van der Waals surface area contributed by atoms with E-state index in [4.69, 9.17) is 0 Å². The average molecular weight is 298 g/mol. The number of pyridine rings is 1. The van der Waals surface area contributed by atoms with Gasteiger partial charge in [0, 0.05) is 29.6 Å². The van der Waals surface area contributed by atoms with Crippen LogP contribution in [0.4, 0.5) is 0 Å². The molecule has 23 heavy (non-hydrogen) atoms. The molecular formula is C21H18N2. The van der Waals surface area contributed by atoms with Crippen LogP contribution in [0.15, 0.2) is 54.9 Å². The van der Waals surface area contributed by atoms with Crippen LogP contribution in [0.5, 0.6) is 0 Å². The first-order chi connectivity index (χ1) is 11.4. The van der Waals surface area contributed by atoms with E-state index in [1.54, 1.807) is 0 Å². The van der Waals surface area contributed by atoms with E-state index >= 15 is 0 Å². The maximum Gasteiger partial charge on any atom is 0.0532 e. The van der Waals surface area contributed by atoms with Crippen LogP contribution in [-0.2, 0) is 19.3 Å². The lowest BCUT2D eigenvalue weighted by Gasteiger charge is -2.03. The fourth-order valence-corrected chi connectivity index (χ4v) is 3.96. The molecule has 0 saturated carbocycles. The average Bonchev–Trinajstić information content (AvgIpc) is 3.20. The summed E-state index contributed by atoms with van der Waals surface area (Å²) in [7, 11) is 0. The topological polar surface area (TPSA) is 28.7 Å². The molecule has 1 aliphatic carbocycles. The van der Waals surface area contributed by atoms with Crippen molar-refractivity contribution >= 4 is 21.8 Å². The molecule has 2 heterocycles. The van der Waals surface area contributed by atoms with Gasteiger partial charge in [0.05, 0.1) is 11.0 Å². The summed E-state index contributed by atoms with van der Waals surface area (Å²) in [6.45, 7) is 0. The molecule has 0 atom stereocenters. The smallest absolute Gasteiger partial charge is 0.0532 e. The largest absolute Gasteiger partial charge is 0.354 e. The number of fused-ring (bicyclic) bond motifs is 5. The highest BCUT2D eigenvalue weighted by Crippen LogP contribution is 2.34. The summed E-state index contributed by atoms with van der Waals surface area (Å²) >= 11 is 0. The summed E-state index contributed by atoms with van der Waals surface area (Å²) in [5, 5.41) is 2.58. The molecule has 0 radical (unpaired) electrons. The molecule has 0 spiro atoms. The molecule has 0 bridgehead atoms. The molecule has 0 unspecified atom stereocenters. The van der Waals surface area contributed by atoms with Gasteiger partial charge < -0.3 is 4.98 Å². The van der Waals surface area contributed by atoms with Gasteiger partial charge in [-0.05, 0) is 41.5 Å². The SMILES string of the molecule is c1ccc(Cc2cncc3c2[nH]c2c4c(ccc23)CCC4)cc1. The molecule has 0 saturated heterocycles. The molecule has 112 valence electrons. The highest BCUT2D eigenvalue weighted by Gasteiger charge is 2.17. The predicted molar refractivity (Wildman–Crippen MR) is 94.9 cm³/mol. The molecule has 2 nitrogen and oxygen atoms in total. The number of aryl methyl sites for hydroxylation is 2. The van der Waals surface area contributed by atoms with Crippen molar-refractivity contribution < 1.29 is 0 Å². The number of aromatic nitrogens is 2. The van der Waals surface area contributed by atoms with Crippen molar-refractivity contribution in [2.45, 2.75) is 25.7 Å². The monoisotopic (exact) mass is 298 g/mol. The van der Waals surface area contributed by atoms with E-state index in [9.17, 15) is 0 Å². The quantitative estimate of drug-likeness (QED) is 0.566. The highest BCUT2D eigenvalue weighted by atomic mass is 14.7. The molecule has 5 rings (SSSR count). The van der Waals surface area contributed by atoms with Gasteiger partial charge in [0.2, 0.25) is 0 Å². The van der Waals surface area contributed by atoms with Crippen molar-refractivity contribution in [3.05, 3.63) is 77.1 Å². The fourth-order valence-electron chi connectivity index (χ4n) is 3.96. The second kappa shape index (κ2) is 4.95. The number of rotatable bonds is 2. The number of H-pyrrole nitrogens is 1. The van der Waals surface area contributed by atoms with Crippen molar-refractivity contribution in [2.24, 2.45) is 0 Å². The third-order valence-corrected chi connectivity index (χ3v) is 5.08. The molecule has 4 aromatic rings. The summed E-state index contributed by atoms with van der Waals surface area (Å²) in [5.74, 6) is 0. The lowest BCUT2D eigenvalue weighted by molar-refractivity contribution is 0.913. The van der Waals surface area contributed by atoms with E-state index in [2.05, 4.69) is 52.4 Å². The fraction of sp³-hybridized carbons (Fsp3) is 0.190. The Balaban J connectivity index is 1.74. The van der Waals surface area contributed by atoms with Crippen molar-refractivity contribution in [3.8, 4) is 0 Å². The first-order valence-electron chi connectivity index (χ1n) is 8.33. The van der Waals surface area contributed by atoms with Crippen LogP contribution in [0.2, 0.25) is 0 Å². The van der Waals surface area contributed by atoms with Crippen LogP contribution in [-0.4, -0.2) is 9.97 Å². The molecule has 0 fully saturated rings. The van der Waals surface area contributed by atoms with E-state index in [0.29, 0.717) is 0 Å². The van der Waals surface area contributed by atoms with Gasteiger partial charge in [-0.3, -0.25) is 4.98 Å². The summed E-state index contributed by atoms with van der Waals surface area (Å²) in [5.41, 5.74) is 8.21. The van der Waals surface area contributed by atoms with Gasteiger partial charge in [-0.1, -0.05) is 42.5 Å². The second-order valence-corrected chi connectivity index (χ2v) is 6.49. The highest BCUT2D eigenvalue weighted by molar-refractivity contribution is 6.09. The first-order valence-corrected chi connectivity index (χ1v) is 8.33. The van der Waals surface area contributed by atoms with Gasteiger partial charge in [-0.15, -0.1) is 0 Å². The van der Waals surface area contributed by atoms with E-state index in [0.717, 1.165) is 6.42 Å². The molecular weight excluding hydrogens is 280 g/mol. The Bertz CT molecular complexity index is 1010. The van der Waals surface area contributed by atoms with Crippen molar-refractivity contribution in [3.63, 3.8) is 0 Å². The Morgan fingerprint density at radius 3 is 2.70 bits per heavy atom. The van der Waals surface area contributed by atoms with Gasteiger partial charge in [0.15, 0.2) is 0 Å². The van der Waals surface area contributed by atoms with Gasteiger partial charge in [0.25, 0.3) is 0 Å². The Hall–Kier alpha value is -2.61. The second-order valence-electron chi connectivity index (χ2n) is 6.49. The Labute approximate surface area is 135 Å². The maximum absolute atomic E-state index is 4.50. The Morgan fingerprint density at radius 1 is 0.870 bits per heavy atom. The van der Waals surface area contributed by atoms with Crippen LogP contribution in [0.1, 0.15) is 28.7 Å². The molecule has 2 aromatic carbocycles. The number of hydrogen-bond acceptors (Lipinski definition) is 1. The third kappa shape index (κ3) is 1.98. The first kappa shape index (κ1) is 12.9. The van der Waals surface area contributed by atoms with Crippen molar-refractivity contribution in [1.29, 1.82) is 0 Å². The summed E-state index contributed by atoms with van der Waals surface area (Å²) < 4.78 is 0. The number of hydrogen-bond donors (Lipinski definition) is 1. The van der Waals surface area contributed by atoms with Gasteiger partial charge in [-0.2, -0.15) is 0 Å². The zero-order valence-electron chi connectivity index (χ0n) is 13.0. The molecule has 2 aromatic heterocycles. The minimum Gasteiger partial charge on any atom is -0.354 e. The normalized spacial score (nSPS) is 13.7. The third-order valence-electron chi connectivity index (χ3n) is 5.08. The van der Waals surface area contributed by atoms with Gasteiger partial charge in [0.1, 0.15) is 0 Å². The molecule has 0 aliphatic heterocycles. The summed E-state index contributed by atoms with van der Waals surface area (Å²) in [4.78, 5) is 8.23. The lowest BCUT2D eigenvalue weighted by Crippen LogP contribution is -1.90. The summed E-state index contributed by atoms with van der Waals surface area (Å²) in [6, 6.07) is 15.2. The van der Waals surface area contributed by atoms with E-state index < -0.39 is 0 Å². The molecule has 1 N–H and O–H groups in total. The van der Waals surface area contributed by atoms with Crippen LogP contribution < -0.4 is 0 Å². The molecule has 0 amide bonds. The number of nitrogens with one attached hydrogen (secondary N) is 1. The van der Waals surface area contributed by atoms with Crippen LogP contribution in [0.3, 0.4) is 0 Å². The lowest BCUT2D eigenvalue weighted by atomic mass is 10.0. The number of benzene rings is 2. The van der Waals surface area contributed by atoms with Gasteiger partial charge in [-0.25, -0.2) is 0 Å². The van der Waals surface area contributed by atoms with Crippen molar-refractivity contribution in [1.82, 2.24) is 9.97 Å². The van der Waals surface area contributed by atoms with E-state index in [1.165, 1.54) is 63.3 Å².